The highest BCUT2D eigenvalue weighted by atomic mass is 19.2. The molecule has 0 radical (unpaired) electrons. The number of carbonyl (C=O) groups excluding carboxylic acids is 1. The van der Waals surface area contributed by atoms with Crippen LogP contribution in [0.25, 0.3) is 0 Å². The smallest absolute Gasteiger partial charge is 0.222 e. The van der Waals surface area contributed by atoms with E-state index in [1.54, 1.807) is 6.92 Å². The Labute approximate surface area is 105 Å². The summed E-state index contributed by atoms with van der Waals surface area (Å²) < 4.78 is 25.6. The van der Waals surface area contributed by atoms with Gasteiger partial charge in [-0.1, -0.05) is 13.0 Å². The predicted molar refractivity (Wildman–Crippen MR) is 65.9 cm³/mol. The molecular formula is C13H18F2N2O. The summed E-state index contributed by atoms with van der Waals surface area (Å²) in [5.41, 5.74) is 6.01. The van der Waals surface area contributed by atoms with Gasteiger partial charge in [0.1, 0.15) is 0 Å². The summed E-state index contributed by atoms with van der Waals surface area (Å²) in [4.78, 5) is 11.5. The first-order valence-electron chi connectivity index (χ1n) is 5.96. The second-order valence-corrected chi connectivity index (χ2v) is 4.27. The van der Waals surface area contributed by atoms with E-state index in [1.807, 2.05) is 0 Å². The third-order valence-electron chi connectivity index (χ3n) is 2.74. The third-order valence-corrected chi connectivity index (χ3v) is 2.74. The summed E-state index contributed by atoms with van der Waals surface area (Å²) in [5.74, 6) is -1.92. The van der Waals surface area contributed by atoms with Crippen molar-refractivity contribution in [1.82, 2.24) is 5.32 Å². The summed E-state index contributed by atoms with van der Waals surface area (Å²) >= 11 is 0. The molecular weight excluding hydrogens is 238 g/mol. The van der Waals surface area contributed by atoms with Crippen LogP contribution in [0.5, 0.6) is 0 Å². The molecule has 1 amide bonds. The maximum absolute atomic E-state index is 12.9. The van der Waals surface area contributed by atoms with Crippen LogP contribution in [0, 0.1) is 17.6 Å². The first-order valence-corrected chi connectivity index (χ1v) is 5.96. The van der Waals surface area contributed by atoms with E-state index in [0.29, 0.717) is 31.5 Å². The molecule has 0 aliphatic rings. The van der Waals surface area contributed by atoms with Crippen molar-refractivity contribution in [3.63, 3.8) is 0 Å². The first kappa shape index (κ1) is 14.6. The number of nitrogens with one attached hydrogen (secondary N) is 1. The van der Waals surface area contributed by atoms with Gasteiger partial charge >= 0.3 is 0 Å². The van der Waals surface area contributed by atoms with Crippen LogP contribution in [0.2, 0.25) is 0 Å². The number of nitrogens with two attached hydrogens (primary N) is 1. The fraction of sp³-hybridized carbons (Fsp3) is 0.462. The van der Waals surface area contributed by atoms with Gasteiger partial charge in [-0.15, -0.1) is 0 Å². The van der Waals surface area contributed by atoms with Gasteiger partial charge in [0.15, 0.2) is 11.6 Å². The van der Waals surface area contributed by atoms with E-state index in [1.165, 1.54) is 6.07 Å². The largest absolute Gasteiger partial charge is 0.356 e. The molecule has 100 valence electrons. The van der Waals surface area contributed by atoms with Crippen LogP contribution in [-0.2, 0) is 11.2 Å². The lowest BCUT2D eigenvalue weighted by atomic mass is 10.1. The Morgan fingerprint density at radius 3 is 2.72 bits per heavy atom. The van der Waals surface area contributed by atoms with Crippen LogP contribution in [0.4, 0.5) is 8.78 Å². The average molecular weight is 256 g/mol. The van der Waals surface area contributed by atoms with E-state index < -0.39 is 11.6 Å². The lowest BCUT2D eigenvalue weighted by Gasteiger charge is -2.11. The van der Waals surface area contributed by atoms with Gasteiger partial charge in [0.25, 0.3) is 0 Å². The fourth-order valence-corrected chi connectivity index (χ4v) is 1.58. The molecule has 3 nitrogen and oxygen atoms in total. The molecule has 1 atom stereocenters. The maximum Gasteiger partial charge on any atom is 0.222 e. The second-order valence-electron chi connectivity index (χ2n) is 4.27. The van der Waals surface area contributed by atoms with E-state index >= 15 is 0 Å². The molecule has 0 fully saturated rings. The van der Waals surface area contributed by atoms with Crippen LogP contribution in [-0.4, -0.2) is 19.0 Å². The Kier molecular flexibility index (Phi) is 5.71. The van der Waals surface area contributed by atoms with Crippen molar-refractivity contribution in [2.45, 2.75) is 19.8 Å². The van der Waals surface area contributed by atoms with Crippen molar-refractivity contribution in [1.29, 1.82) is 0 Å². The van der Waals surface area contributed by atoms with E-state index in [-0.39, 0.29) is 11.8 Å². The van der Waals surface area contributed by atoms with Crippen molar-refractivity contribution in [3.8, 4) is 0 Å². The molecule has 0 spiro atoms. The number of amides is 1. The number of hydrogen-bond acceptors (Lipinski definition) is 2. The van der Waals surface area contributed by atoms with Crippen LogP contribution in [0.1, 0.15) is 18.9 Å². The van der Waals surface area contributed by atoms with Gasteiger partial charge in [0.05, 0.1) is 0 Å². The van der Waals surface area contributed by atoms with Gasteiger partial charge in [-0.05, 0) is 37.1 Å². The van der Waals surface area contributed by atoms with Crippen molar-refractivity contribution >= 4 is 5.91 Å². The zero-order chi connectivity index (χ0) is 13.5. The molecule has 1 aromatic carbocycles. The Balaban J connectivity index is 2.37. The van der Waals surface area contributed by atoms with Gasteiger partial charge in [0.2, 0.25) is 5.91 Å². The molecule has 0 heterocycles. The highest BCUT2D eigenvalue weighted by Gasteiger charge is 2.11. The standard InChI is InChI=1S/C13H18F2N2O/c1-9(4-6-16)13(18)17-7-5-10-2-3-11(14)12(15)8-10/h2-3,8-9H,4-7,16H2,1H3,(H,17,18). The minimum absolute atomic E-state index is 0.0666. The molecule has 1 rings (SSSR count). The average Bonchev–Trinajstić information content (AvgIpc) is 2.34. The minimum Gasteiger partial charge on any atom is -0.356 e. The van der Waals surface area contributed by atoms with Crippen LogP contribution in [0.15, 0.2) is 18.2 Å². The van der Waals surface area contributed by atoms with Gasteiger partial charge in [-0.2, -0.15) is 0 Å². The second kappa shape index (κ2) is 7.06. The Morgan fingerprint density at radius 1 is 1.39 bits per heavy atom. The zero-order valence-corrected chi connectivity index (χ0v) is 10.4. The SMILES string of the molecule is CC(CCN)C(=O)NCCc1ccc(F)c(F)c1. The zero-order valence-electron chi connectivity index (χ0n) is 10.4. The third kappa shape index (κ3) is 4.41. The summed E-state index contributed by atoms with van der Waals surface area (Å²) in [6.45, 7) is 2.68. The predicted octanol–water partition coefficient (Wildman–Crippen LogP) is 1.61. The van der Waals surface area contributed by atoms with Crippen LogP contribution >= 0.6 is 0 Å². The van der Waals surface area contributed by atoms with E-state index in [0.717, 1.165) is 12.1 Å². The number of halogens is 2. The minimum atomic E-state index is -0.865. The Hall–Kier alpha value is -1.49. The summed E-state index contributed by atoms with van der Waals surface area (Å²) in [6, 6.07) is 3.74. The Bertz CT molecular complexity index is 410. The monoisotopic (exact) mass is 256 g/mol. The molecule has 1 unspecified atom stereocenters. The van der Waals surface area contributed by atoms with Crippen LogP contribution < -0.4 is 11.1 Å². The number of carbonyl (C=O) groups is 1. The molecule has 3 N–H and O–H groups in total. The van der Waals surface area contributed by atoms with E-state index in [4.69, 9.17) is 5.73 Å². The van der Waals surface area contributed by atoms with Crippen molar-refractivity contribution < 1.29 is 13.6 Å². The molecule has 0 saturated carbocycles. The summed E-state index contributed by atoms with van der Waals surface area (Å²) in [7, 11) is 0. The lowest BCUT2D eigenvalue weighted by Crippen LogP contribution is -2.31. The molecule has 5 heteroatoms. The molecule has 18 heavy (non-hydrogen) atoms. The maximum atomic E-state index is 12.9. The van der Waals surface area contributed by atoms with Gasteiger partial charge < -0.3 is 11.1 Å². The van der Waals surface area contributed by atoms with E-state index in [2.05, 4.69) is 5.32 Å². The lowest BCUT2D eigenvalue weighted by molar-refractivity contribution is -0.124. The Morgan fingerprint density at radius 2 is 2.11 bits per heavy atom. The fourth-order valence-electron chi connectivity index (χ4n) is 1.58. The van der Waals surface area contributed by atoms with Crippen LogP contribution in [0.3, 0.4) is 0 Å². The van der Waals surface area contributed by atoms with Gasteiger partial charge in [-0.25, -0.2) is 8.78 Å². The number of benzene rings is 1. The molecule has 1 aromatic rings. The van der Waals surface area contributed by atoms with Crippen molar-refractivity contribution in [2.75, 3.05) is 13.1 Å². The first-order chi connectivity index (χ1) is 8.54. The highest BCUT2D eigenvalue weighted by Crippen LogP contribution is 2.09. The van der Waals surface area contributed by atoms with Crippen molar-refractivity contribution in [2.24, 2.45) is 11.7 Å². The number of rotatable bonds is 6. The molecule has 0 aromatic heterocycles. The van der Waals surface area contributed by atoms with E-state index in [9.17, 15) is 13.6 Å². The topological polar surface area (TPSA) is 55.1 Å². The van der Waals surface area contributed by atoms with Crippen molar-refractivity contribution in [3.05, 3.63) is 35.4 Å². The summed E-state index contributed by atoms with van der Waals surface area (Å²) in [5, 5.41) is 2.74. The molecule has 0 bridgehead atoms. The quantitative estimate of drug-likeness (QED) is 0.812. The molecule has 0 saturated heterocycles. The number of hydrogen-bond donors (Lipinski definition) is 2. The summed E-state index contributed by atoms with van der Waals surface area (Å²) in [6.07, 6.45) is 1.11. The van der Waals surface area contributed by atoms with Gasteiger partial charge in [-0.3, -0.25) is 4.79 Å². The molecule has 0 aliphatic heterocycles. The molecule has 0 aliphatic carbocycles. The highest BCUT2D eigenvalue weighted by molar-refractivity contribution is 5.78. The van der Waals surface area contributed by atoms with Gasteiger partial charge in [0, 0.05) is 12.5 Å². The normalized spacial score (nSPS) is 12.2.